The summed E-state index contributed by atoms with van der Waals surface area (Å²) in [5.41, 5.74) is 2.43. The molecule has 4 aromatic rings. The maximum Gasteiger partial charge on any atom is 0.195 e. The normalized spacial score (nSPS) is 15.2. The third kappa shape index (κ3) is 3.29. The molecule has 0 spiro atoms. The molecule has 1 aromatic carbocycles. The Hall–Kier alpha value is -2.49. The van der Waals surface area contributed by atoms with Crippen LogP contribution in [0.2, 0.25) is 5.02 Å². The highest BCUT2D eigenvalue weighted by Crippen LogP contribution is 2.26. The van der Waals surface area contributed by atoms with Crippen molar-refractivity contribution in [3.63, 3.8) is 0 Å². The average Bonchev–Trinajstić information content (AvgIpc) is 3.16. The summed E-state index contributed by atoms with van der Waals surface area (Å²) in [6.45, 7) is 2.53. The van der Waals surface area contributed by atoms with Crippen LogP contribution in [0.25, 0.3) is 21.9 Å². The van der Waals surface area contributed by atoms with E-state index >= 15 is 0 Å². The predicted octanol–water partition coefficient (Wildman–Crippen LogP) is 2.53. The summed E-state index contributed by atoms with van der Waals surface area (Å²) in [7, 11) is -3.48. The zero-order chi connectivity index (χ0) is 20.2. The minimum atomic E-state index is -3.48. The van der Waals surface area contributed by atoms with Crippen LogP contribution in [0.5, 0.6) is 0 Å². The van der Waals surface area contributed by atoms with Gasteiger partial charge < -0.3 is 9.30 Å². The lowest BCUT2D eigenvalue weighted by Crippen LogP contribution is -2.32. The Bertz CT molecular complexity index is 1340. The zero-order valence-electron chi connectivity index (χ0n) is 15.6. The number of rotatable bonds is 5. The van der Waals surface area contributed by atoms with Crippen LogP contribution in [-0.2, 0) is 27.7 Å². The Morgan fingerprint density at radius 2 is 2.07 bits per heavy atom. The first kappa shape index (κ1) is 18.5. The smallest absolute Gasteiger partial charge is 0.195 e. The second-order valence-corrected chi connectivity index (χ2v) is 9.67. The number of halogens is 1. The molecule has 0 N–H and O–H groups in total. The maximum absolute atomic E-state index is 12.2. The second-order valence-electron chi connectivity index (χ2n) is 7.30. The standard InChI is InChI=1S/C19H18ClN5O3S/c1-29(26,27)19-14-4-5-21-7-17(14)25(23-19)9-18-22-15-6-13(20)2-3-16(15)24(18)8-12-10-28-11-12/h2-7,12H,8-11H2,1H3. The van der Waals surface area contributed by atoms with Gasteiger partial charge in [0.2, 0.25) is 0 Å². The number of aromatic nitrogens is 5. The van der Waals surface area contributed by atoms with Crippen molar-refractivity contribution in [1.82, 2.24) is 24.3 Å². The molecule has 5 rings (SSSR count). The van der Waals surface area contributed by atoms with Crippen molar-refractivity contribution in [3.8, 4) is 0 Å². The number of ether oxygens (including phenoxy) is 1. The average molecular weight is 432 g/mol. The Kier molecular flexibility index (Phi) is 4.34. The van der Waals surface area contributed by atoms with Gasteiger partial charge in [0.15, 0.2) is 14.9 Å². The third-order valence-electron chi connectivity index (χ3n) is 5.10. The zero-order valence-corrected chi connectivity index (χ0v) is 17.2. The van der Waals surface area contributed by atoms with Gasteiger partial charge in [0, 0.05) is 35.3 Å². The summed E-state index contributed by atoms with van der Waals surface area (Å²) < 4.78 is 33.5. The Balaban J connectivity index is 1.64. The van der Waals surface area contributed by atoms with E-state index in [1.54, 1.807) is 23.1 Å². The highest BCUT2D eigenvalue weighted by atomic mass is 35.5. The van der Waals surface area contributed by atoms with Crippen LogP contribution in [0.4, 0.5) is 0 Å². The van der Waals surface area contributed by atoms with Gasteiger partial charge in [-0.15, -0.1) is 0 Å². The van der Waals surface area contributed by atoms with Crippen molar-refractivity contribution in [1.29, 1.82) is 0 Å². The summed E-state index contributed by atoms with van der Waals surface area (Å²) in [6, 6.07) is 7.30. The SMILES string of the molecule is CS(=O)(=O)c1nn(Cc2nc3cc(Cl)ccc3n2CC2COC2)c2cnccc12. The van der Waals surface area contributed by atoms with Gasteiger partial charge in [-0.2, -0.15) is 5.10 Å². The van der Waals surface area contributed by atoms with Crippen LogP contribution in [-0.4, -0.2) is 52.2 Å². The molecule has 0 aliphatic carbocycles. The summed E-state index contributed by atoms with van der Waals surface area (Å²) in [5, 5.41) is 5.61. The van der Waals surface area contributed by atoms with Crippen molar-refractivity contribution in [3.05, 3.63) is 47.5 Å². The topological polar surface area (TPSA) is 91.9 Å². The number of benzene rings is 1. The predicted molar refractivity (Wildman–Crippen MR) is 109 cm³/mol. The molecule has 8 nitrogen and oxygen atoms in total. The first-order chi connectivity index (χ1) is 13.9. The minimum Gasteiger partial charge on any atom is -0.381 e. The van der Waals surface area contributed by atoms with Crippen LogP contribution >= 0.6 is 11.6 Å². The fourth-order valence-electron chi connectivity index (χ4n) is 3.64. The van der Waals surface area contributed by atoms with E-state index < -0.39 is 9.84 Å². The number of hydrogen-bond donors (Lipinski definition) is 0. The van der Waals surface area contributed by atoms with E-state index in [1.165, 1.54) is 0 Å². The van der Waals surface area contributed by atoms with Crippen molar-refractivity contribution < 1.29 is 13.2 Å². The third-order valence-corrected chi connectivity index (χ3v) is 6.34. The van der Waals surface area contributed by atoms with Crippen molar-refractivity contribution in [2.45, 2.75) is 18.1 Å². The lowest BCUT2D eigenvalue weighted by molar-refractivity contribution is -0.0392. The van der Waals surface area contributed by atoms with Gasteiger partial charge in [-0.3, -0.25) is 9.67 Å². The van der Waals surface area contributed by atoms with Crippen LogP contribution < -0.4 is 0 Å². The highest BCUT2D eigenvalue weighted by Gasteiger charge is 2.24. The summed E-state index contributed by atoms with van der Waals surface area (Å²) >= 11 is 6.15. The van der Waals surface area contributed by atoms with Gasteiger partial charge >= 0.3 is 0 Å². The number of imidazole rings is 1. The van der Waals surface area contributed by atoms with Crippen molar-refractivity contribution in [2.24, 2.45) is 5.92 Å². The van der Waals surface area contributed by atoms with E-state index in [1.807, 2.05) is 18.2 Å². The molecular formula is C19H18ClN5O3S. The largest absolute Gasteiger partial charge is 0.381 e. The molecule has 10 heteroatoms. The summed E-state index contributed by atoms with van der Waals surface area (Å²) in [5.74, 6) is 1.20. The molecular weight excluding hydrogens is 414 g/mol. The fourth-order valence-corrected chi connectivity index (χ4v) is 4.63. The van der Waals surface area contributed by atoms with Gasteiger partial charge in [0.05, 0.1) is 42.5 Å². The molecule has 3 aromatic heterocycles. The molecule has 1 fully saturated rings. The van der Waals surface area contributed by atoms with E-state index in [4.69, 9.17) is 21.3 Å². The molecule has 1 saturated heterocycles. The van der Waals surface area contributed by atoms with Crippen LogP contribution in [0.3, 0.4) is 0 Å². The number of pyridine rings is 1. The molecule has 150 valence electrons. The number of nitrogens with zero attached hydrogens (tertiary/aromatic N) is 5. The van der Waals surface area contributed by atoms with E-state index in [0.29, 0.717) is 28.4 Å². The van der Waals surface area contributed by atoms with Crippen molar-refractivity contribution >= 4 is 43.4 Å². The molecule has 0 bridgehead atoms. The summed E-state index contributed by atoms with van der Waals surface area (Å²) in [6.07, 6.45) is 4.35. The number of hydrogen-bond acceptors (Lipinski definition) is 6. The number of fused-ring (bicyclic) bond motifs is 2. The van der Waals surface area contributed by atoms with E-state index in [9.17, 15) is 8.42 Å². The molecule has 29 heavy (non-hydrogen) atoms. The monoisotopic (exact) mass is 431 g/mol. The molecule has 0 amide bonds. The van der Waals surface area contributed by atoms with E-state index in [2.05, 4.69) is 14.6 Å². The van der Waals surface area contributed by atoms with Gasteiger partial charge in [0.1, 0.15) is 5.82 Å². The van der Waals surface area contributed by atoms with Crippen LogP contribution in [0.15, 0.2) is 41.7 Å². The van der Waals surface area contributed by atoms with Gasteiger partial charge in [-0.1, -0.05) is 11.6 Å². The first-order valence-electron chi connectivity index (χ1n) is 9.13. The highest BCUT2D eigenvalue weighted by molar-refractivity contribution is 7.90. The number of sulfone groups is 1. The molecule has 0 saturated carbocycles. The second kappa shape index (κ2) is 6.79. The molecule has 0 unspecified atom stereocenters. The Morgan fingerprint density at radius 1 is 1.24 bits per heavy atom. The lowest BCUT2D eigenvalue weighted by atomic mass is 10.1. The van der Waals surface area contributed by atoms with Crippen LogP contribution in [0, 0.1) is 5.92 Å². The Labute approximate surface area is 172 Å². The maximum atomic E-state index is 12.2. The van der Waals surface area contributed by atoms with Crippen molar-refractivity contribution in [2.75, 3.05) is 19.5 Å². The lowest BCUT2D eigenvalue weighted by Gasteiger charge is -2.27. The molecule has 0 atom stereocenters. The minimum absolute atomic E-state index is 0.0491. The van der Waals surface area contributed by atoms with Crippen LogP contribution in [0.1, 0.15) is 5.82 Å². The van der Waals surface area contributed by atoms with Gasteiger partial charge in [-0.25, -0.2) is 13.4 Å². The fraction of sp³-hybridized carbons (Fsp3) is 0.316. The molecule has 1 aliphatic heterocycles. The first-order valence-corrected chi connectivity index (χ1v) is 11.4. The Morgan fingerprint density at radius 3 is 2.79 bits per heavy atom. The molecule has 1 aliphatic rings. The summed E-state index contributed by atoms with van der Waals surface area (Å²) in [4.78, 5) is 8.91. The molecule has 4 heterocycles. The van der Waals surface area contributed by atoms with Gasteiger partial charge in [-0.05, 0) is 24.3 Å². The quantitative estimate of drug-likeness (QED) is 0.482. The van der Waals surface area contributed by atoms with E-state index in [-0.39, 0.29) is 5.03 Å². The van der Waals surface area contributed by atoms with Gasteiger partial charge in [0.25, 0.3) is 0 Å². The molecule has 0 radical (unpaired) electrons. The van der Waals surface area contributed by atoms with E-state index in [0.717, 1.165) is 42.9 Å².